The quantitative estimate of drug-likeness (QED) is 0.624. The minimum atomic E-state index is -1.00. The van der Waals surface area contributed by atoms with E-state index < -0.39 is 11.9 Å². The lowest BCUT2D eigenvalue weighted by molar-refractivity contribution is -0.131. The summed E-state index contributed by atoms with van der Waals surface area (Å²) in [6.07, 6.45) is 2.54. The molecule has 4 nitrogen and oxygen atoms in total. The average Bonchev–Trinajstić information content (AvgIpc) is 2.26. The van der Waals surface area contributed by atoms with Crippen molar-refractivity contribution in [2.75, 3.05) is 7.11 Å². The van der Waals surface area contributed by atoms with Crippen LogP contribution in [-0.2, 0) is 9.53 Å². The van der Waals surface area contributed by atoms with Crippen LogP contribution in [0.3, 0.4) is 0 Å². The topological polar surface area (TPSA) is 63.6 Å². The number of carbonyl (C=O) groups excluding carboxylic acids is 1. The van der Waals surface area contributed by atoms with Crippen LogP contribution >= 0.6 is 0 Å². The molecule has 1 aromatic rings. The van der Waals surface area contributed by atoms with Gasteiger partial charge in [0.25, 0.3) is 0 Å². The fourth-order valence-corrected chi connectivity index (χ4v) is 1.27. The zero-order valence-electron chi connectivity index (χ0n) is 9.06. The highest BCUT2D eigenvalue weighted by molar-refractivity contribution is 5.90. The Balaban J connectivity index is 3.00. The number of hydrogen-bond acceptors (Lipinski definition) is 3. The summed E-state index contributed by atoms with van der Waals surface area (Å²) in [5.41, 5.74) is 2.03. The van der Waals surface area contributed by atoms with Gasteiger partial charge in [-0.1, -0.05) is 6.07 Å². The van der Waals surface area contributed by atoms with Crippen molar-refractivity contribution in [1.82, 2.24) is 0 Å². The summed E-state index contributed by atoms with van der Waals surface area (Å²) in [5, 5.41) is 8.49. The smallest absolute Gasteiger partial charge is 0.337 e. The number of aryl methyl sites for hydroxylation is 1. The number of carboxylic acid groups (broad SMARTS) is 1. The molecule has 0 heterocycles. The molecular formula is C12H12O4. The van der Waals surface area contributed by atoms with Gasteiger partial charge in [-0.3, -0.25) is 0 Å². The minimum Gasteiger partial charge on any atom is -0.478 e. The van der Waals surface area contributed by atoms with Crippen molar-refractivity contribution >= 4 is 18.0 Å². The Kier molecular flexibility index (Phi) is 3.83. The van der Waals surface area contributed by atoms with E-state index in [-0.39, 0.29) is 0 Å². The van der Waals surface area contributed by atoms with E-state index in [0.717, 1.165) is 17.2 Å². The molecule has 0 aliphatic carbocycles. The Morgan fingerprint density at radius 2 is 2.06 bits per heavy atom. The molecule has 84 valence electrons. The minimum absolute atomic E-state index is 0.406. The molecule has 0 aromatic heterocycles. The molecule has 0 radical (unpaired) electrons. The van der Waals surface area contributed by atoms with Gasteiger partial charge in [-0.2, -0.15) is 0 Å². The summed E-state index contributed by atoms with van der Waals surface area (Å²) in [7, 11) is 1.32. The first-order chi connectivity index (χ1) is 7.54. The normalized spacial score (nSPS) is 10.4. The maximum absolute atomic E-state index is 11.2. The lowest BCUT2D eigenvalue weighted by Crippen LogP contribution is -2.01. The van der Waals surface area contributed by atoms with Gasteiger partial charge in [0.1, 0.15) is 0 Å². The van der Waals surface area contributed by atoms with Crippen molar-refractivity contribution in [2.24, 2.45) is 0 Å². The Bertz CT molecular complexity index is 446. The van der Waals surface area contributed by atoms with Crippen molar-refractivity contribution in [1.29, 1.82) is 0 Å². The van der Waals surface area contributed by atoms with Crippen molar-refractivity contribution in [3.8, 4) is 0 Å². The molecule has 1 aromatic carbocycles. The van der Waals surface area contributed by atoms with Crippen LogP contribution in [0.2, 0.25) is 0 Å². The molecule has 0 atom stereocenters. The Labute approximate surface area is 93.2 Å². The number of carboxylic acids is 1. The summed E-state index contributed by atoms with van der Waals surface area (Å²) in [6.45, 7) is 1.80. The van der Waals surface area contributed by atoms with Gasteiger partial charge < -0.3 is 9.84 Å². The molecule has 0 bridgehead atoms. The molecule has 0 spiro atoms. The average molecular weight is 220 g/mol. The number of carbonyl (C=O) groups is 2. The van der Waals surface area contributed by atoms with E-state index >= 15 is 0 Å². The summed E-state index contributed by atoms with van der Waals surface area (Å²) in [4.78, 5) is 21.6. The monoisotopic (exact) mass is 220 g/mol. The predicted octanol–water partition coefficient (Wildman–Crippen LogP) is 1.88. The molecular weight excluding hydrogens is 208 g/mol. The second-order valence-electron chi connectivity index (χ2n) is 3.23. The third-order valence-electron chi connectivity index (χ3n) is 2.10. The highest BCUT2D eigenvalue weighted by Gasteiger charge is 2.06. The Morgan fingerprint density at radius 3 is 2.56 bits per heavy atom. The SMILES string of the molecule is COC(=O)c1ccc(C=CC(=O)O)c(C)c1. The zero-order chi connectivity index (χ0) is 12.1. The largest absolute Gasteiger partial charge is 0.478 e. The van der Waals surface area contributed by atoms with Crippen LogP contribution in [0, 0.1) is 6.92 Å². The number of methoxy groups -OCH3 is 1. The molecule has 0 unspecified atom stereocenters. The standard InChI is InChI=1S/C12H12O4/c1-8-7-10(12(15)16-2)4-3-9(8)5-6-11(13)14/h3-7H,1-2H3,(H,13,14). The second-order valence-corrected chi connectivity index (χ2v) is 3.23. The zero-order valence-corrected chi connectivity index (χ0v) is 9.06. The van der Waals surface area contributed by atoms with Crippen molar-refractivity contribution in [2.45, 2.75) is 6.92 Å². The van der Waals surface area contributed by atoms with Crippen LogP contribution in [0.15, 0.2) is 24.3 Å². The number of benzene rings is 1. The highest BCUT2D eigenvalue weighted by atomic mass is 16.5. The van der Waals surface area contributed by atoms with Gasteiger partial charge >= 0.3 is 11.9 Å². The van der Waals surface area contributed by atoms with E-state index in [9.17, 15) is 9.59 Å². The summed E-state index contributed by atoms with van der Waals surface area (Å²) >= 11 is 0. The molecule has 1 N–H and O–H groups in total. The lowest BCUT2D eigenvalue weighted by Gasteiger charge is -2.03. The van der Waals surface area contributed by atoms with Gasteiger partial charge in [0.05, 0.1) is 12.7 Å². The van der Waals surface area contributed by atoms with Crippen LogP contribution in [0.1, 0.15) is 21.5 Å². The predicted molar refractivity (Wildman–Crippen MR) is 59.2 cm³/mol. The first-order valence-electron chi connectivity index (χ1n) is 4.64. The molecule has 0 saturated carbocycles. The molecule has 0 saturated heterocycles. The number of ether oxygens (including phenoxy) is 1. The third-order valence-corrected chi connectivity index (χ3v) is 2.10. The number of aliphatic carboxylic acids is 1. The number of esters is 1. The van der Waals surface area contributed by atoms with Crippen molar-refractivity contribution in [3.05, 3.63) is 41.0 Å². The first-order valence-corrected chi connectivity index (χ1v) is 4.64. The second kappa shape index (κ2) is 5.11. The van der Waals surface area contributed by atoms with Crippen molar-refractivity contribution < 1.29 is 19.4 Å². The third kappa shape index (κ3) is 2.95. The van der Waals surface area contributed by atoms with E-state index in [2.05, 4.69) is 4.74 Å². The number of rotatable bonds is 3. The van der Waals surface area contributed by atoms with Crippen LogP contribution < -0.4 is 0 Å². The van der Waals surface area contributed by atoms with Gasteiger partial charge in [0.2, 0.25) is 0 Å². The lowest BCUT2D eigenvalue weighted by atomic mass is 10.0. The Hall–Kier alpha value is -2.10. The van der Waals surface area contributed by atoms with E-state index in [4.69, 9.17) is 5.11 Å². The van der Waals surface area contributed by atoms with Crippen LogP contribution in [-0.4, -0.2) is 24.2 Å². The van der Waals surface area contributed by atoms with Gasteiger partial charge in [0.15, 0.2) is 0 Å². The maximum Gasteiger partial charge on any atom is 0.337 e. The summed E-state index contributed by atoms with van der Waals surface area (Å²) in [6, 6.07) is 4.94. The number of hydrogen-bond donors (Lipinski definition) is 1. The molecule has 0 fully saturated rings. The molecule has 0 aliphatic rings. The fraction of sp³-hybridized carbons (Fsp3) is 0.167. The van der Waals surface area contributed by atoms with Gasteiger partial charge in [-0.25, -0.2) is 9.59 Å². The van der Waals surface area contributed by atoms with E-state index in [1.807, 2.05) is 0 Å². The molecule has 0 aliphatic heterocycles. The molecule has 4 heteroatoms. The van der Waals surface area contributed by atoms with Crippen LogP contribution in [0.25, 0.3) is 6.08 Å². The Morgan fingerprint density at radius 1 is 1.38 bits per heavy atom. The van der Waals surface area contributed by atoms with Crippen LogP contribution in [0.4, 0.5) is 0 Å². The van der Waals surface area contributed by atoms with Gasteiger partial charge in [-0.05, 0) is 36.3 Å². The molecule has 0 amide bonds. The summed E-state index contributed by atoms with van der Waals surface area (Å²) < 4.78 is 4.58. The summed E-state index contributed by atoms with van der Waals surface area (Å²) in [5.74, 6) is -1.41. The van der Waals surface area contributed by atoms with E-state index in [1.165, 1.54) is 13.2 Å². The molecule has 16 heavy (non-hydrogen) atoms. The fourth-order valence-electron chi connectivity index (χ4n) is 1.27. The first kappa shape index (κ1) is 12.0. The van der Waals surface area contributed by atoms with Crippen LogP contribution in [0.5, 0.6) is 0 Å². The highest BCUT2D eigenvalue weighted by Crippen LogP contribution is 2.13. The van der Waals surface area contributed by atoms with E-state index in [1.54, 1.807) is 25.1 Å². The van der Waals surface area contributed by atoms with Crippen molar-refractivity contribution in [3.63, 3.8) is 0 Å². The molecule has 1 rings (SSSR count). The van der Waals surface area contributed by atoms with Gasteiger partial charge in [-0.15, -0.1) is 0 Å². The van der Waals surface area contributed by atoms with Gasteiger partial charge in [0, 0.05) is 6.08 Å². The van der Waals surface area contributed by atoms with E-state index in [0.29, 0.717) is 5.56 Å². The maximum atomic E-state index is 11.2.